The number of amides is 1. The standard InChI is InChI=1S/C13H20N2O2/c1-10(14-9-13(16)15(2)3)11-5-7-12(17-4)8-6-11/h5-8,10,14H,9H2,1-4H3/t10-/m0/s1. The molecule has 0 unspecified atom stereocenters. The Morgan fingerprint density at radius 3 is 2.41 bits per heavy atom. The Morgan fingerprint density at radius 2 is 1.94 bits per heavy atom. The van der Waals surface area contributed by atoms with E-state index in [4.69, 9.17) is 4.74 Å². The predicted octanol–water partition coefficient (Wildman–Crippen LogP) is 1.43. The second-order valence-corrected chi connectivity index (χ2v) is 4.16. The molecule has 4 heteroatoms. The van der Waals surface area contributed by atoms with Crippen molar-refractivity contribution in [2.24, 2.45) is 0 Å². The van der Waals surface area contributed by atoms with Crippen molar-refractivity contribution in [2.75, 3.05) is 27.7 Å². The fourth-order valence-corrected chi connectivity index (χ4v) is 1.41. The van der Waals surface area contributed by atoms with Gasteiger partial charge < -0.3 is 15.0 Å². The molecular weight excluding hydrogens is 216 g/mol. The van der Waals surface area contributed by atoms with Crippen LogP contribution in [0, 0.1) is 0 Å². The van der Waals surface area contributed by atoms with Crippen molar-refractivity contribution < 1.29 is 9.53 Å². The number of rotatable bonds is 5. The van der Waals surface area contributed by atoms with Crippen molar-refractivity contribution >= 4 is 5.91 Å². The Hall–Kier alpha value is -1.55. The molecule has 1 aromatic rings. The molecule has 17 heavy (non-hydrogen) atoms. The number of likely N-dealkylation sites (N-methyl/N-ethyl adjacent to an activating group) is 1. The van der Waals surface area contributed by atoms with Crippen molar-refractivity contribution in [1.29, 1.82) is 0 Å². The lowest BCUT2D eigenvalue weighted by Gasteiger charge is -2.16. The molecule has 94 valence electrons. The minimum Gasteiger partial charge on any atom is -0.497 e. The molecule has 1 atom stereocenters. The van der Waals surface area contributed by atoms with Gasteiger partial charge in [0, 0.05) is 20.1 Å². The average Bonchev–Trinajstić information content (AvgIpc) is 2.35. The first-order valence-corrected chi connectivity index (χ1v) is 5.62. The normalized spacial score (nSPS) is 12.0. The van der Waals surface area contributed by atoms with Gasteiger partial charge in [-0.15, -0.1) is 0 Å². The summed E-state index contributed by atoms with van der Waals surface area (Å²) < 4.78 is 5.10. The highest BCUT2D eigenvalue weighted by molar-refractivity contribution is 5.77. The van der Waals surface area contributed by atoms with Crippen LogP contribution >= 0.6 is 0 Å². The first kappa shape index (κ1) is 13.5. The maximum absolute atomic E-state index is 11.4. The Labute approximate surface area is 103 Å². The molecular formula is C13H20N2O2. The van der Waals surface area contributed by atoms with Crippen LogP contribution in [0.25, 0.3) is 0 Å². The molecule has 1 aromatic carbocycles. The summed E-state index contributed by atoms with van der Waals surface area (Å²) in [6, 6.07) is 7.97. The maximum atomic E-state index is 11.4. The van der Waals surface area contributed by atoms with Gasteiger partial charge in [0.1, 0.15) is 5.75 Å². The van der Waals surface area contributed by atoms with Crippen LogP contribution in [0.2, 0.25) is 0 Å². The highest BCUT2D eigenvalue weighted by atomic mass is 16.5. The Balaban J connectivity index is 2.51. The monoisotopic (exact) mass is 236 g/mol. The minimum atomic E-state index is 0.0744. The van der Waals surface area contributed by atoms with E-state index in [2.05, 4.69) is 5.32 Å². The van der Waals surface area contributed by atoms with Crippen LogP contribution < -0.4 is 10.1 Å². The fraction of sp³-hybridized carbons (Fsp3) is 0.462. The molecule has 0 aliphatic carbocycles. The zero-order chi connectivity index (χ0) is 12.8. The first-order valence-electron chi connectivity index (χ1n) is 5.62. The van der Waals surface area contributed by atoms with Crippen molar-refractivity contribution in [2.45, 2.75) is 13.0 Å². The topological polar surface area (TPSA) is 41.6 Å². The van der Waals surface area contributed by atoms with Gasteiger partial charge >= 0.3 is 0 Å². The van der Waals surface area contributed by atoms with E-state index in [0.717, 1.165) is 11.3 Å². The lowest BCUT2D eigenvalue weighted by atomic mass is 10.1. The van der Waals surface area contributed by atoms with Crippen LogP contribution in [0.5, 0.6) is 5.75 Å². The second-order valence-electron chi connectivity index (χ2n) is 4.16. The molecule has 1 amide bonds. The summed E-state index contributed by atoms with van der Waals surface area (Å²) in [6.45, 7) is 2.38. The maximum Gasteiger partial charge on any atom is 0.236 e. The third-order valence-electron chi connectivity index (χ3n) is 2.67. The zero-order valence-corrected chi connectivity index (χ0v) is 10.9. The highest BCUT2D eigenvalue weighted by Crippen LogP contribution is 2.16. The van der Waals surface area contributed by atoms with Crippen LogP contribution in [-0.2, 0) is 4.79 Å². The van der Waals surface area contributed by atoms with E-state index in [1.165, 1.54) is 0 Å². The van der Waals surface area contributed by atoms with Crippen LogP contribution in [0.4, 0.5) is 0 Å². The Kier molecular flexibility index (Phi) is 4.97. The average molecular weight is 236 g/mol. The lowest BCUT2D eigenvalue weighted by molar-refractivity contribution is -0.127. The molecule has 4 nitrogen and oxygen atoms in total. The number of benzene rings is 1. The summed E-state index contributed by atoms with van der Waals surface area (Å²) in [4.78, 5) is 13.0. The van der Waals surface area contributed by atoms with Gasteiger partial charge in [-0.3, -0.25) is 4.79 Å². The number of hydrogen-bond acceptors (Lipinski definition) is 3. The smallest absolute Gasteiger partial charge is 0.236 e. The summed E-state index contributed by atoms with van der Waals surface area (Å²) in [5.41, 5.74) is 1.14. The zero-order valence-electron chi connectivity index (χ0n) is 10.9. The van der Waals surface area contributed by atoms with Gasteiger partial charge in [-0.05, 0) is 24.6 Å². The Morgan fingerprint density at radius 1 is 1.35 bits per heavy atom. The van der Waals surface area contributed by atoms with Gasteiger partial charge in [-0.1, -0.05) is 12.1 Å². The van der Waals surface area contributed by atoms with Crippen molar-refractivity contribution in [3.05, 3.63) is 29.8 Å². The number of nitrogens with zero attached hydrogens (tertiary/aromatic N) is 1. The first-order chi connectivity index (χ1) is 8.04. The number of carbonyl (C=O) groups excluding carboxylic acids is 1. The SMILES string of the molecule is COc1ccc([C@H](C)NCC(=O)N(C)C)cc1. The molecule has 0 aliphatic heterocycles. The van der Waals surface area contributed by atoms with Gasteiger partial charge in [0.05, 0.1) is 13.7 Å². The summed E-state index contributed by atoms with van der Waals surface area (Å²) in [7, 11) is 5.15. The molecule has 0 saturated carbocycles. The van der Waals surface area contributed by atoms with Gasteiger partial charge in [0.25, 0.3) is 0 Å². The third-order valence-corrected chi connectivity index (χ3v) is 2.67. The predicted molar refractivity (Wildman–Crippen MR) is 68.1 cm³/mol. The summed E-state index contributed by atoms with van der Waals surface area (Å²) >= 11 is 0. The van der Waals surface area contributed by atoms with E-state index in [9.17, 15) is 4.79 Å². The summed E-state index contributed by atoms with van der Waals surface area (Å²) in [5.74, 6) is 0.913. The van der Waals surface area contributed by atoms with Crippen LogP contribution in [0.3, 0.4) is 0 Å². The van der Waals surface area contributed by atoms with Gasteiger partial charge in [-0.25, -0.2) is 0 Å². The van der Waals surface area contributed by atoms with Gasteiger partial charge in [0.15, 0.2) is 0 Å². The van der Waals surface area contributed by atoms with E-state index < -0.39 is 0 Å². The Bertz CT molecular complexity index is 360. The molecule has 0 spiro atoms. The summed E-state index contributed by atoms with van der Waals surface area (Å²) in [5, 5.41) is 3.19. The molecule has 0 heterocycles. The minimum absolute atomic E-state index is 0.0744. The molecule has 0 aromatic heterocycles. The lowest BCUT2D eigenvalue weighted by Crippen LogP contribution is -2.34. The largest absolute Gasteiger partial charge is 0.497 e. The summed E-state index contributed by atoms with van der Waals surface area (Å²) in [6.07, 6.45) is 0. The number of nitrogens with one attached hydrogen (secondary N) is 1. The van der Waals surface area contributed by atoms with Gasteiger partial charge in [-0.2, -0.15) is 0 Å². The third kappa shape index (κ3) is 4.07. The number of ether oxygens (including phenoxy) is 1. The van der Waals surface area contributed by atoms with Crippen molar-refractivity contribution in [3.8, 4) is 5.75 Å². The number of hydrogen-bond donors (Lipinski definition) is 1. The van der Waals surface area contributed by atoms with Crippen LogP contribution in [0.1, 0.15) is 18.5 Å². The molecule has 1 N–H and O–H groups in total. The van der Waals surface area contributed by atoms with E-state index in [1.54, 1.807) is 26.1 Å². The second kappa shape index (κ2) is 6.25. The fourth-order valence-electron chi connectivity index (χ4n) is 1.41. The highest BCUT2D eigenvalue weighted by Gasteiger charge is 2.08. The molecule has 1 rings (SSSR count). The van der Waals surface area contributed by atoms with E-state index >= 15 is 0 Å². The molecule has 0 aliphatic rings. The van der Waals surface area contributed by atoms with E-state index in [1.807, 2.05) is 31.2 Å². The number of carbonyl (C=O) groups is 1. The molecule has 0 radical (unpaired) electrons. The van der Waals surface area contributed by atoms with E-state index in [-0.39, 0.29) is 11.9 Å². The van der Waals surface area contributed by atoms with Gasteiger partial charge in [0.2, 0.25) is 5.91 Å². The van der Waals surface area contributed by atoms with Crippen LogP contribution in [-0.4, -0.2) is 38.6 Å². The molecule has 0 saturated heterocycles. The van der Waals surface area contributed by atoms with E-state index in [0.29, 0.717) is 6.54 Å². The van der Waals surface area contributed by atoms with Crippen molar-refractivity contribution in [1.82, 2.24) is 10.2 Å². The van der Waals surface area contributed by atoms with Crippen LogP contribution in [0.15, 0.2) is 24.3 Å². The van der Waals surface area contributed by atoms with Crippen molar-refractivity contribution in [3.63, 3.8) is 0 Å². The quantitative estimate of drug-likeness (QED) is 0.841. The molecule has 0 bridgehead atoms. The number of methoxy groups -OCH3 is 1. The molecule has 0 fully saturated rings.